The third-order valence-electron chi connectivity index (χ3n) is 2.90. The normalized spacial score (nSPS) is 13.9. The first-order valence-corrected chi connectivity index (χ1v) is 6.13. The number of rotatable bonds is 4. The molecule has 102 valence electrons. The van der Waals surface area contributed by atoms with Gasteiger partial charge in [0.1, 0.15) is 14.4 Å². The largest absolute Gasteiger partial charge is 0.398 e. The minimum absolute atomic E-state index is 0.0981. The summed E-state index contributed by atoms with van der Waals surface area (Å²) >= 11 is 0. The number of hydrogen-bond acceptors (Lipinski definition) is 5. The highest BCUT2D eigenvalue weighted by Crippen LogP contribution is 2.02. The van der Waals surface area contributed by atoms with E-state index in [0.29, 0.717) is 6.54 Å². The summed E-state index contributed by atoms with van der Waals surface area (Å²) in [4.78, 5) is 27.5. The molecule has 0 fully saturated rings. The first-order chi connectivity index (χ1) is 9.58. The predicted molar refractivity (Wildman–Crippen MR) is 77.4 cm³/mol. The molecule has 1 aromatic heterocycles. The average Bonchev–Trinajstić information content (AvgIpc) is 2.47. The molecule has 1 amide bonds. The molecule has 8 heteroatoms. The van der Waals surface area contributed by atoms with Gasteiger partial charge in [-0.3, -0.25) is 14.6 Å². The van der Waals surface area contributed by atoms with E-state index in [1.165, 1.54) is 6.20 Å². The summed E-state index contributed by atoms with van der Waals surface area (Å²) in [5.41, 5.74) is 5.99. The third-order valence-corrected chi connectivity index (χ3v) is 2.90. The van der Waals surface area contributed by atoms with Crippen LogP contribution in [0.1, 0.15) is 6.42 Å². The molecule has 20 heavy (non-hydrogen) atoms. The van der Waals surface area contributed by atoms with Crippen LogP contribution < -0.4 is 22.1 Å². The SMILES string of the molecule is [B]c1c(N)cnn(CC(=O)NCC2=CC=NCC2)c1=O. The van der Waals surface area contributed by atoms with Crippen LogP contribution in [0.4, 0.5) is 5.69 Å². The fraction of sp³-hybridized carbons (Fsp3) is 0.333. The van der Waals surface area contributed by atoms with E-state index in [-0.39, 0.29) is 23.6 Å². The molecule has 2 heterocycles. The van der Waals surface area contributed by atoms with Gasteiger partial charge in [0.2, 0.25) is 5.91 Å². The van der Waals surface area contributed by atoms with Crippen molar-refractivity contribution in [3.63, 3.8) is 0 Å². The number of hydrogen-bond donors (Lipinski definition) is 2. The Balaban J connectivity index is 1.95. The smallest absolute Gasteiger partial charge is 0.262 e. The van der Waals surface area contributed by atoms with E-state index in [9.17, 15) is 9.59 Å². The zero-order chi connectivity index (χ0) is 14.5. The monoisotopic (exact) mass is 271 g/mol. The topological polar surface area (TPSA) is 102 Å². The van der Waals surface area contributed by atoms with Gasteiger partial charge in [-0.2, -0.15) is 5.10 Å². The van der Waals surface area contributed by atoms with E-state index in [1.54, 1.807) is 6.21 Å². The van der Waals surface area contributed by atoms with E-state index >= 15 is 0 Å². The number of allylic oxidation sites excluding steroid dienone is 1. The van der Waals surface area contributed by atoms with Crippen molar-refractivity contribution in [3.05, 3.63) is 28.2 Å². The molecule has 2 radical (unpaired) electrons. The van der Waals surface area contributed by atoms with Gasteiger partial charge < -0.3 is 11.1 Å². The molecule has 2 rings (SSSR count). The minimum atomic E-state index is -0.566. The van der Waals surface area contributed by atoms with Crippen LogP contribution in [0.2, 0.25) is 0 Å². The molecule has 0 bridgehead atoms. The fourth-order valence-electron chi connectivity index (χ4n) is 1.70. The lowest BCUT2D eigenvalue weighted by atomic mass is 9.97. The Kier molecular flexibility index (Phi) is 4.34. The molecule has 0 atom stereocenters. The van der Waals surface area contributed by atoms with Crippen LogP contribution in [0.5, 0.6) is 0 Å². The van der Waals surface area contributed by atoms with Gasteiger partial charge in [0.05, 0.1) is 11.9 Å². The number of nitrogens with zero attached hydrogens (tertiary/aromatic N) is 3. The summed E-state index contributed by atoms with van der Waals surface area (Å²) in [6.45, 7) is 0.978. The van der Waals surface area contributed by atoms with E-state index in [1.807, 2.05) is 6.08 Å². The van der Waals surface area contributed by atoms with Crippen molar-refractivity contribution in [3.8, 4) is 0 Å². The van der Waals surface area contributed by atoms with Crippen LogP contribution in [0.25, 0.3) is 0 Å². The lowest BCUT2D eigenvalue weighted by Gasteiger charge is -2.11. The Labute approximate surface area is 117 Å². The fourth-order valence-corrected chi connectivity index (χ4v) is 1.70. The summed E-state index contributed by atoms with van der Waals surface area (Å²) in [5.74, 6) is -0.313. The lowest BCUT2D eigenvalue weighted by Crippen LogP contribution is -2.41. The summed E-state index contributed by atoms with van der Waals surface area (Å²) in [5, 5.41) is 6.50. The van der Waals surface area contributed by atoms with Gasteiger partial charge >= 0.3 is 0 Å². The van der Waals surface area contributed by atoms with Crippen molar-refractivity contribution >= 4 is 31.1 Å². The molecule has 0 unspecified atom stereocenters. The van der Waals surface area contributed by atoms with Gasteiger partial charge in [-0.25, -0.2) is 4.68 Å². The zero-order valence-electron chi connectivity index (χ0n) is 10.9. The van der Waals surface area contributed by atoms with Crippen LogP contribution in [-0.4, -0.2) is 42.8 Å². The maximum Gasteiger partial charge on any atom is 0.262 e. The highest BCUT2D eigenvalue weighted by Gasteiger charge is 2.09. The van der Waals surface area contributed by atoms with Crippen molar-refractivity contribution < 1.29 is 4.79 Å². The van der Waals surface area contributed by atoms with Crippen LogP contribution >= 0.6 is 0 Å². The van der Waals surface area contributed by atoms with E-state index < -0.39 is 5.56 Å². The maximum absolute atomic E-state index is 11.8. The molecule has 0 saturated carbocycles. The molecular formula is C12H14BN5O2. The van der Waals surface area contributed by atoms with Crippen molar-refractivity contribution in [1.82, 2.24) is 15.1 Å². The Hall–Kier alpha value is -2.38. The van der Waals surface area contributed by atoms with Gasteiger partial charge in [-0.1, -0.05) is 0 Å². The van der Waals surface area contributed by atoms with Crippen molar-refractivity contribution in [2.75, 3.05) is 18.8 Å². The van der Waals surface area contributed by atoms with Gasteiger partial charge in [-0.05, 0) is 23.5 Å². The second-order valence-electron chi connectivity index (χ2n) is 4.38. The molecule has 0 aliphatic carbocycles. The Morgan fingerprint density at radius 3 is 3.05 bits per heavy atom. The number of carbonyl (C=O) groups excluding carboxylic acids is 1. The van der Waals surface area contributed by atoms with E-state index in [4.69, 9.17) is 13.6 Å². The zero-order valence-corrected chi connectivity index (χ0v) is 10.9. The average molecular weight is 271 g/mol. The first kappa shape index (κ1) is 14.0. The number of aromatic nitrogens is 2. The number of nitrogen functional groups attached to an aromatic ring is 1. The number of amides is 1. The van der Waals surface area contributed by atoms with Crippen LogP contribution in [-0.2, 0) is 11.3 Å². The number of carbonyl (C=O) groups is 1. The van der Waals surface area contributed by atoms with E-state index in [0.717, 1.165) is 23.2 Å². The summed E-state index contributed by atoms with van der Waals surface area (Å²) in [6.07, 6.45) is 5.67. The molecule has 7 nitrogen and oxygen atoms in total. The Morgan fingerprint density at radius 1 is 1.55 bits per heavy atom. The van der Waals surface area contributed by atoms with Gasteiger partial charge in [-0.15, -0.1) is 0 Å². The summed E-state index contributed by atoms with van der Waals surface area (Å²) < 4.78 is 0.984. The van der Waals surface area contributed by atoms with Crippen molar-refractivity contribution in [2.24, 2.45) is 4.99 Å². The molecule has 1 aliphatic heterocycles. The minimum Gasteiger partial charge on any atom is -0.398 e. The summed E-state index contributed by atoms with van der Waals surface area (Å²) in [7, 11) is 5.50. The molecular weight excluding hydrogens is 257 g/mol. The number of anilines is 1. The Morgan fingerprint density at radius 2 is 2.35 bits per heavy atom. The van der Waals surface area contributed by atoms with Crippen molar-refractivity contribution in [2.45, 2.75) is 13.0 Å². The molecule has 3 N–H and O–H groups in total. The maximum atomic E-state index is 11.8. The highest BCUT2D eigenvalue weighted by atomic mass is 16.2. The van der Waals surface area contributed by atoms with Crippen molar-refractivity contribution in [1.29, 1.82) is 0 Å². The molecule has 0 saturated heterocycles. The number of dihydropyridines is 1. The van der Waals surface area contributed by atoms with Gasteiger partial charge in [0, 0.05) is 19.3 Å². The third kappa shape index (κ3) is 3.34. The van der Waals surface area contributed by atoms with E-state index in [2.05, 4.69) is 15.4 Å². The standard InChI is InChI=1S/C12H14BN5O2/c13-11-9(14)6-17-18(12(11)20)7-10(19)16-5-8-1-3-15-4-2-8/h1,3,6H,2,4-5,7,14H2,(H,16,19). The first-order valence-electron chi connectivity index (χ1n) is 6.13. The quantitative estimate of drug-likeness (QED) is 0.626. The number of nitrogens with two attached hydrogens (primary N) is 1. The van der Waals surface area contributed by atoms with Gasteiger partial charge in [0.15, 0.2) is 0 Å². The second-order valence-corrected chi connectivity index (χ2v) is 4.38. The van der Waals surface area contributed by atoms with Crippen LogP contribution in [0.3, 0.4) is 0 Å². The lowest BCUT2D eigenvalue weighted by molar-refractivity contribution is -0.121. The number of aliphatic imine (C=N–C) groups is 1. The van der Waals surface area contributed by atoms with Crippen LogP contribution in [0, 0.1) is 0 Å². The van der Waals surface area contributed by atoms with Crippen LogP contribution in [0.15, 0.2) is 27.6 Å². The predicted octanol–water partition coefficient (Wildman–Crippen LogP) is -1.86. The van der Waals surface area contributed by atoms with Gasteiger partial charge in [0.25, 0.3) is 5.56 Å². The molecule has 1 aromatic rings. The molecule has 0 aromatic carbocycles. The second kappa shape index (κ2) is 6.18. The highest BCUT2D eigenvalue weighted by molar-refractivity contribution is 6.35. The molecule has 1 aliphatic rings. The Bertz CT molecular complexity index is 635. The molecule has 0 spiro atoms. The summed E-state index contributed by atoms with van der Waals surface area (Å²) in [6, 6.07) is 0. The number of nitrogens with one attached hydrogen (secondary N) is 1.